The van der Waals surface area contributed by atoms with Crippen LogP contribution >= 0.6 is 0 Å². The summed E-state index contributed by atoms with van der Waals surface area (Å²) in [5.74, 6) is 0.0293. The molecular weight excluding hydrogens is 167 g/mol. The van der Waals surface area contributed by atoms with Gasteiger partial charge in [0.15, 0.2) is 0 Å². The Hall–Kier alpha value is -0.0551. The van der Waals surface area contributed by atoms with E-state index in [2.05, 4.69) is 0 Å². The van der Waals surface area contributed by atoms with Crippen LogP contribution in [0.4, 0.5) is 0 Å². The molecule has 0 saturated heterocycles. The van der Waals surface area contributed by atoms with Crippen LogP contribution in [0, 0.1) is 0 Å². The second-order valence-corrected chi connectivity index (χ2v) is 4.82. The van der Waals surface area contributed by atoms with Crippen LogP contribution in [0.2, 0.25) is 5.82 Å². The van der Waals surface area contributed by atoms with Crippen molar-refractivity contribution >= 4 is 7.12 Å². The smallest absolute Gasteiger partial charge is 0.427 e. The minimum atomic E-state index is -0.969. The van der Waals surface area contributed by atoms with Gasteiger partial charge in [-0.15, -0.1) is 0 Å². The van der Waals surface area contributed by atoms with E-state index < -0.39 is 18.3 Å². The van der Waals surface area contributed by atoms with E-state index in [0.29, 0.717) is 0 Å². The van der Waals surface area contributed by atoms with Crippen LogP contribution in [0.1, 0.15) is 41.5 Å². The number of aliphatic hydroxyl groups is 1. The predicted octanol–water partition coefficient (Wildman–Crippen LogP) is 1.44. The van der Waals surface area contributed by atoms with Crippen molar-refractivity contribution in [3.8, 4) is 0 Å². The molecule has 0 aromatic heterocycles. The lowest BCUT2D eigenvalue weighted by atomic mass is 9.73. The first kappa shape index (κ1) is 12.9. The zero-order valence-electron chi connectivity index (χ0n) is 9.46. The van der Waals surface area contributed by atoms with Crippen molar-refractivity contribution in [2.45, 2.75) is 58.6 Å². The number of hydrogen-bond acceptors (Lipinski definition) is 3. The summed E-state index contributed by atoms with van der Waals surface area (Å²) in [4.78, 5) is 0. The monoisotopic (exact) mass is 188 g/mol. The van der Waals surface area contributed by atoms with E-state index in [1.807, 2.05) is 13.8 Å². The summed E-state index contributed by atoms with van der Waals surface area (Å²) in [7, 11) is -0.832. The molecule has 0 aliphatic heterocycles. The van der Waals surface area contributed by atoms with Crippen molar-refractivity contribution in [2.24, 2.45) is 0 Å². The highest BCUT2D eigenvalue weighted by Crippen LogP contribution is 2.27. The summed E-state index contributed by atoms with van der Waals surface area (Å²) in [6.07, 6.45) is 0. The molecule has 0 fully saturated rings. The molecule has 78 valence electrons. The van der Waals surface area contributed by atoms with Gasteiger partial charge in [0.2, 0.25) is 0 Å². The fraction of sp³-hybridized carbons (Fsp3) is 1.00. The van der Waals surface area contributed by atoms with Crippen molar-refractivity contribution in [1.29, 1.82) is 0 Å². The Bertz CT molecular complexity index is 161. The van der Waals surface area contributed by atoms with E-state index in [-0.39, 0.29) is 5.82 Å². The third-order valence-corrected chi connectivity index (χ3v) is 2.46. The molecule has 0 aromatic rings. The third-order valence-electron chi connectivity index (χ3n) is 2.46. The van der Waals surface area contributed by atoms with E-state index >= 15 is 0 Å². The van der Waals surface area contributed by atoms with Gasteiger partial charge in [0.1, 0.15) is 0 Å². The molecule has 0 unspecified atom stereocenters. The van der Waals surface area contributed by atoms with E-state index in [9.17, 15) is 10.1 Å². The zero-order valence-corrected chi connectivity index (χ0v) is 9.46. The molecule has 0 radical (unpaired) electrons. The summed E-state index contributed by atoms with van der Waals surface area (Å²) in [6, 6.07) is 0. The average molecular weight is 188 g/mol. The fourth-order valence-corrected chi connectivity index (χ4v) is 0.582. The molecule has 0 aliphatic carbocycles. The quantitative estimate of drug-likeness (QED) is 0.656. The van der Waals surface area contributed by atoms with Gasteiger partial charge in [0.25, 0.3) is 0 Å². The Labute approximate surface area is 81.3 Å². The molecule has 4 heteroatoms. The van der Waals surface area contributed by atoms with Crippen LogP contribution in [0.25, 0.3) is 0 Å². The van der Waals surface area contributed by atoms with Gasteiger partial charge in [-0.1, -0.05) is 13.8 Å². The number of hydrogen-bond donors (Lipinski definition) is 2. The van der Waals surface area contributed by atoms with Crippen molar-refractivity contribution in [1.82, 2.24) is 0 Å². The molecule has 2 N–H and O–H groups in total. The van der Waals surface area contributed by atoms with Crippen LogP contribution in [-0.4, -0.2) is 28.5 Å². The summed E-state index contributed by atoms with van der Waals surface area (Å²) in [5, 5.41) is 19.2. The standard InChI is InChI=1S/C9H21BO3/c1-7(2)10(12)13-9(5,6)8(3,4)11/h7,11-12H,1-6H3. The van der Waals surface area contributed by atoms with E-state index in [1.165, 1.54) is 0 Å². The van der Waals surface area contributed by atoms with Gasteiger partial charge >= 0.3 is 7.12 Å². The van der Waals surface area contributed by atoms with E-state index in [0.717, 1.165) is 0 Å². The number of rotatable bonds is 4. The Morgan fingerprint density at radius 2 is 1.54 bits per heavy atom. The largest absolute Gasteiger partial charge is 0.457 e. The Morgan fingerprint density at radius 1 is 1.15 bits per heavy atom. The molecule has 0 heterocycles. The summed E-state index contributed by atoms with van der Waals surface area (Å²) in [6.45, 7) is 10.6. The second-order valence-electron chi connectivity index (χ2n) is 4.82. The van der Waals surface area contributed by atoms with Crippen LogP contribution in [-0.2, 0) is 4.65 Å². The lowest BCUT2D eigenvalue weighted by molar-refractivity contribution is -0.101. The molecule has 0 amide bonds. The van der Waals surface area contributed by atoms with Gasteiger partial charge in [-0.2, -0.15) is 0 Å². The Morgan fingerprint density at radius 3 is 1.77 bits per heavy atom. The Balaban J connectivity index is 4.34. The van der Waals surface area contributed by atoms with Gasteiger partial charge in [-0.3, -0.25) is 0 Å². The lowest BCUT2D eigenvalue weighted by Crippen LogP contribution is -2.50. The molecule has 0 aliphatic rings. The topological polar surface area (TPSA) is 49.7 Å². The summed E-state index contributed by atoms with van der Waals surface area (Å²) < 4.78 is 5.37. The van der Waals surface area contributed by atoms with Crippen LogP contribution in [0.5, 0.6) is 0 Å². The minimum Gasteiger partial charge on any atom is -0.427 e. The predicted molar refractivity (Wildman–Crippen MR) is 54.5 cm³/mol. The molecule has 13 heavy (non-hydrogen) atoms. The average Bonchev–Trinajstić information content (AvgIpc) is 1.83. The summed E-state index contributed by atoms with van der Waals surface area (Å²) in [5.41, 5.74) is -1.72. The molecule has 3 nitrogen and oxygen atoms in total. The van der Waals surface area contributed by atoms with Crippen molar-refractivity contribution in [2.75, 3.05) is 0 Å². The molecular formula is C9H21BO3. The Kier molecular flexibility index (Phi) is 3.97. The highest BCUT2D eigenvalue weighted by Gasteiger charge is 2.39. The highest BCUT2D eigenvalue weighted by atomic mass is 16.5. The fourth-order valence-electron chi connectivity index (χ4n) is 0.582. The maximum Gasteiger partial charge on any atom is 0.457 e. The summed E-state index contributed by atoms with van der Waals surface area (Å²) >= 11 is 0. The lowest BCUT2D eigenvalue weighted by Gasteiger charge is -2.39. The maximum absolute atomic E-state index is 9.74. The third kappa shape index (κ3) is 3.67. The second kappa shape index (κ2) is 3.99. The molecule has 0 spiro atoms. The zero-order chi connectivity index (χ0) is 10.9. The van der Waals surface area contributed by atoms with Gasteiger partial charge in [0, 0.05) is 0 Å². The molecule has 0 rings (SSSR count). The minimum absolute atomic E-state index is 0.0293. The van der Waals surface area contributed by atoms with Crippen molar-refractivity contribution in [3.05, 3.63) is 0 Å². The molecule has 0 aromatic carbocycles. The van der Waals surface area contributed by atoms with E-state index in [1.54, 1.807) is 27.7 Å². The molecule has 0 saturated carbocycles. The van der Waals surface area contributed by atoms with Crippen LogP contribution in [0.3, 0.4) is 0 Å². The normalized spacial score (nSPS) is 13.6. The van der Waals surface area contributed by atoms with Gasteiger partial charge in [-0.25, -0.2) is 0 Å². The highest BCUT2D eigenvalue weighted by molar-refractivity contribution is 6.44. The molecule has 0 bridgehead atoms. The van der Waals surface area contributed by atoms with Gasteiger partial charge < -0.3 is 14.8 Å². The van der Waals surface area contributed by atoms with E-state index in [4.69, 9.17) is 4.65 Å². The molecule has 0 atom stereocenters. The van der Waals surface area contributed by atoms with Crippen LogP contribution < -0.4 is 0 Å². The SMILES string of the molecule is CC(C)B(O)OC(C)(C)C(C)(C)O. The van der Waals surface area contributed by atoms with Gasteiger partial charge in [0.05, 0.1) is 11.2 Å². The van der Waals surface area contributed by atoms with Crippen molar-refractivity contribution in [3.63, 3.8) is 0 Å². The van der Waals surface area contributed by atoms with Crippen LogP contribution in [0.15, 0.2) is 0 Å². The van der Waals surface area contributed by atoms with Gasteiger partial charge in [-0.05, 0) is 33.5 Å². The first-order valence-electron chi connectivity index (χ1n) is 4.66. The first-order chi connectivity index (χ1) is 5.58. The maximum atomic E-state index is 9.74. The first-order valence-corrected chi connectivity index (χ1v) is 4.66. The van der Waals surface area contributed by atoms with Crippen molar-refractivity contribution < 1.29 is 14.8 Å².